The number of aryl methyl sites for hydroxylation is 1. The number of hydrogen-bond donors (Lipinski definition) is 0. The molecule has 1 saturated heterocycles. The summed E-state index contributed by atoms with van der Waals surface area (Å²) in [5.74, 6) is 1.28. The summed E-state index contributed by atoms with van der Waals surface area (Å²) in [7, 11) is 1.59. The highest BCUT2D eigenvalue weighted by Gasteiger charge is 2.23. The molecule has 0 aliphatic carbocycles. The van der Waals surface area contributed by atoms with E-state index in [4.69, 9.17) is 16.3 Å². The molecule has 3 rings (SSSR count). The fourth-order valence-corrected chi connectivity index (χ4v) is 3.28. The average molecular weight is 361 g/mol. The molecule has 0 spiro atoms. The first-order valence-corrected chi connectivity index (χ1v) is 8.63. The van der Waals surface area contributed by atoms with Gasteiger partial charge in [0.05, 0.1) is 7.11 Å². The van der Waals surface area contributed by atoms with E-state index in [0.29, 0.717) is 36.1 Å². The summed E-state index contributed by atoms with van der Waals surface area (Å²) in [6.45, 7) is 4.74. The predicted molar refractivity (Wildman–Crippen MR) is 97.5 cm³/mol. The van der Waals surface area contributed by atoms with Crippen LogP contribution < -0.4 is 9.64 Å². The summed E-state index contributed by atoms with van der Waals surface area (Å²) in [5.41, 5.74) is 1.60. The molecule has 0 N–H and O–H groups in total. The lowest BCUT2D eigenvalue weighted by Crippen LogP contribution is -2.35. The van der Waals surface area contributed by atoms with Crippen molar-refractivity contribution in [2.75, 3.05) is 38.2 Å². The summed E-state index contributed by atoms with van der Waals surface area (Å²) < 4.78 is 5.30. The van der Waals surface area contributed by atoms with Gasteiger partial charge < -0.3 is 14.5 Å². The normalized spacial score (nSPS) is 15.0. The fourth-order valence-electron chi connectivity index (χ4n) is 3.05. The fraction of sp³-hybridized carbons (Fsp3) is 0.389. The number of rotatable bonds is 3. The zero-order chi connectivity index (χ0) is 17.8. The Hall–Kier alpha value is -2.34. The number of nitrogens with zero attached hydrogens (tertiary/aromatic N) is 4. The molecule has 1 amide bonds. The number of halogens is 1. The van der Waals surface area contributed by atoms with E-state index < -0.39 is 0 Å². The van der Waals surface area contributed by atoms with E-state index in [9.17, 15) is 4.79 Å². The second-order valence-electron chi connectivity index (χ2n) is 5.98. The van der Waals surface area contributed by atoms with Gasteiger partial charge in [-0.1, -0.05) is 11.6 Å². The lowest BCUT2D eigenvalue weighted by molar-refractivity contribution is 0.0766. The van der Waals surface area contributed by atoms with E-state index in [1.165, 1.54) is 0 Å². The number of benzene rings is 1. The van der Waals surface area contributed by atoms with Crippen LogP contribution in [0, 0.1) is 6.92 Å². The number of hydrogen-bond acceptors (Lipinski definition) is 5. The predicted octanol–water partition coefficient (Wildman–Crippen LogP) is 2.80. The lowest BCUT2D eigenvalue weighted by atomic mass is 10.1. The molecule has 0 radical (unpaired) electrons. The Labute approximate surface area is 152 Å². The Balaban J connectivity index is 1.74. The van der Waals surface area contributed by atoms with Crippen molar-refractivity contribution in [2.24, 2.45) is 0 Å². The molecule has 2 heterocycles. The van der Waals surface area contributed by atoms with Crippen molar-refractivity contribution in [1.29, 1.82) is 0 Å². The van der Waals surface area contributed by atoms with Crippen LogP contribution in [0.4, 0.5) is 5.82 Å². The molecule has 6 nitrogen and oxygen atoms in total. The van der Waals surface area contributed by atoms with Gasteiger partial charge in [-0.15, -0.1) is 0 Å². The van der Waals surface area contributed by atoms with Crippen LogP contribution in [0.3, 0.4) is 0 Å². The van der Waals surface area contributed by atoms with Gasteiger partial charge >= 0.3 is 0 Å². The van der Waals surface area contributed by atoms with E-state index >= 15 is 0 Å². The zero-order valence-electron chi connectivity index (χ0n) is 14.4. The van der Waals surface area contributed by atoms with Crippen molar-refractivity contribution in [3.8, 4) is 5.88 Å². The van der Waals surface area contributed by atoms with Crippen molar-refractivity contribution >= 4 is 23.3 Å². The Morgan fingerprint density at radius 3 is 2.72 bits per heavy atom. The minimum Gasteiger partial charge on any atom is -0.478 e. The molecule has 2 aromatic rings. The third-order valence-corrected chi connectivity index (χ3v) is 4.58. The Morgan fingerprint density at radius 2 is 1.96 bits per heavy atom. The Kier molecular flexibility index (Phi) is 5.38. The first-order valence-electron chi connectivity index (χ1n) is 8.25. The van der Waals surface area contributed by atoms with Crippen LogP contribution in [0.5, 0.6) is 5.88 Å². The first-order chi connectivity index (χ1) is 12.1. The van der Waals surface area contributed by atoms with Gasteiger partial charge in [-0.2, -0.15) is 0 Å². The van der Waals surface area contributed by atoms with Crippen LogP contribution >= 0.6 is 11.6 Å². The summed E-state index contributed by atoms with van der Waals surface area (Å²) in [5, 5.41) is 0.644. The lowest BCUT2D eigenvalue weighted by Gasteiger charge is -2.24. The highest BCUT2D eigenvalue weighted by Crippen LogP contribution is 2.24. The van der Waals surface area contributed by atoms with Crippen molar-refractivity contribution < 1.29 is 9.53 Å². The molecule has 132 valence electrons. The van der Waals surface area contributed by atoms with Gasteiger partial charge in [-0.25, -0.2) is 9.97 Å². The molecule has 7 heteroatoms. The molecular weight excluding hydrogens is 340 g/mol. The number of carbonyl (C=O) groups is 1. The molecule has 0 bridgehead atoms. The SMILES string of the molecule is COc1nccnc1N1CCCN(C(=O)c2ccc(Cl)cc2C)CC1. The second kappa shape index (κ2) is 7.70. The van der Waals surface area contributed by atoms with Gasteiger partial charge in [0.15, 0.2) is 5.82 Å². The average Bonchev–Trinajstić information content (AvgIpc) is 2.87. The maximum Gasteiger partial charge on any atom is 0.257 e. The van der Waals surface area contributed by atoms with E-state index in [-0.39, 0.29) is 5.91 Å². The van der Waals surface area contributed by atoms with Crippen molar-refractivity contribution in [3.63, 3.8) is 0 Å². The summed E-state index contributed by atoms with van der Waals surface area (Å²) >= 11 is 5.99. The molecule has 1 aliphatic rings. The molecule has 0 saturated carbocycles. The largest absolute Gasteiger partial charge is 0.478 e. The third kappa shape index (κ3) is 3.85. The number of carbonyl (C=O) groups excluding carboxylic acids is 1. The Morgan fingerprint density at radius 1 is 1.16 bits per heavy atom. The van der Waals surface area contributed by atoms with Crippen LogP contribution in [0.1, 0.15) is 22.3 Å². The van der Waals surface area contributed by atoms with E-state index in [1.54, 1.807) is 31.6 Å². The smallest absolute Gasteiger partial charge is 0.257 e. The summed E-state index contributed by atoms with van der Waals surface area (Å²) in [6, 6.07) is 5.38. The monoisotopic (exact) mass is 360 g/mol. The standard InChI is InChI=1S/C18H21ClN4O2/c1-13-12-14(19)4-5-15(13)18(24)23-9-3-8-22(10-11-23)16-17(25-2)21-7-6-20-16/h4-7,12H,3,8-11H2,1-2H3. The highest BCUT2D eigenvalue weighted by molar-refractivity contribution is 6.30. The second-order valence-corrected chi connectivity index (χ2v) is 6.42. The van der Waals surface area contributed by atoms with Crippen LogP contribution in [0.25, 0.3) is 0 Å². The van der Waals surface area contributed by atoms with Gasteiger partial charge in [0.25, 0.3) is 11.8 Å². The molecule has 1 aliphatic heterocycles. The van der Waals surface area contributed by atoms with E-state index in [0.717, 1.165) is 24.3 Å². The molecule has 1 fully saturated rings. The highest BCUT2D eigenvalue weighted by atomic mass is 35.5. The quantitative estimate of drug-likeness (QED) is 0.842. The number of aromatic nitrogens is 2. The Bertz CT molecular complexity index is 768. The van der Waals surface area contributed by atoms with Crippen molar-refractivity contribution in [3.05, 3.63) is 46.7 Å². The summed E-state index contributed by atoms with van der Waals surface area (Å²) in [4.78, 5) is 25.5. The minimum absolute atomic E-state index is 0.0436. The molecule has 0 unspecified atom stereocenters. The van der Waals surface area contributed by atoms with Gasteiger partial charge in [-0.3, -0.25) is 4.79 Å². The number of amides is 1. The van der Waals surface area contributed by atoms with Gasteiger partial charge in [0.2, 0.25) is 0 Å². The molecular formula is C18H21ClN4O2. The van der Waals surface area contributed by atoms with E-state index in [1.807, 2.05) is 17.9 Å². The topological polar surface area (TPSA) is 58.6 Å². The molecule has 0 atom stereocenters. The third-order valence-electron chi connectivity index (χ3n) is 4.34. The maximum absolute atomic E-state index is 12.9. The number of methoxy groups -OCH3 is 1. The molecule has 1 aromatic heterocycles. The van der Waals surface area contributed by atoms with Gasteiger partial charge in [0, 0.05) is 49.2 Å². The van der Waals surface area contributed by atoms with Crippen LogP contribution in [0.15, 0.2) is 30.6 Å². The first kappa shape index (κ1) is 17.5. The molecule has 1 aromatic carbocycles. The minimum atomic E-state index is 0.0436. The summed E-state index contributed by atoms with van der Waals surface area (Å²) in [6.07, 6.45) is 4.13. The van der Waals surface area contributed by atoms with Crippen LogP contribution in [-0.2, 0) is 0 Å². The van der Waals surface area contributed by atoms with Crippen molar-refractivity contribution in [1.82, 2.24) is 14.9 Å². The zero-order valence-corrected chi connectivity index (χ0v) is 15.2. The van der Waals surface area contributed by atoms with E-state index in [2.05, 4.69) is 14.9 Å². The number of ether oxygens (including phenoxy) is 1. The van der Waals surface area contributed by atoms with Gasteiger partial charge in [0.1, 0.15) is 0 Å². The number of anilines is 1. The van der Waals surface area contributed by atoms with Crippen LogP contribution in [-0.4, -0.2) is 54.1 Å². The van der Waals surface area contributed by atoms with Gasteiger partial charge in [-0.05, 0) is 37.1 Å². The van der Waals surface area contributed by atoms with Crippen molar-refractivity contribution in [2.45, 2.75) is 13.3 Å². The van der Waals surface area contributed by atoms with Crippen LogP contribution in [0.2, 0.25) is 5.02 Å². The maximum atomic E-state index is 12.9. The molecule has 25 heavy (non-hydrogen) atoms.